The first-order valence-corrected chi connectivity index (χ1v) is 9.32. The number of aliphatic hydroxyl groups is 1. The van der Waals surface area contributed by atoms with Gasteiger partial charge in [0, 0.05) is 26.2 Å². The highest BCUT2D eigenvalue weighted by Crippen LogP contribution is 2.20. The number of anilines is 1. The van der Waals surface area contributed by atoms with E-state index in [1.165, 1.54) is 11.1 Å². The second kappa shape index (κ2) is 9.86. The highest BCUT2D eigenvalue weighted by Gasteiger charge is 2.10. The molecule has 1 aromatic heterocycles. The summed E-state index contributed by atoms with van der Waals surface area (Å²) in [6.07, 6.45) is 1.95. The van der Waals surface area contributed by atoms with Crippen LogP contribution in [0.5, 0.6) is 0 Å². The molecule has 0 bridgehead atoms. The molecule has 27 heavy (non-hydrogen) atoms. The normalized spacial score (nSPS) is 10.9. The van der Waals surface area contributed by atoms with Crippen LogP contribution in [0, 0.1) is 0 Å². The lowest BCUT2D eigenvalue weighted by Gasteiger charge is -2.25. The number of pyridine rings is 1. The molecule has 0 atom stereocenters. The smallest absolute Gasteiger partial charge is 0.0559 e. The Hall–Kier alpha value is -2.69. The van der Waals surface area contributed by atoms with Crippen molar-refractivity contribution in [2.24, 2.45) is 0 Å². The molecule has 0 amide bonds. The number of hydrogen-bond donors (Lipinski definition) is 1. The molecule has 0 spiro atoms. The maximum absolute atomic E-state index is 9.04. The quantitative estimate of drug-likeness (QED) is 0.631. The first-order valence-electron chi connectivity index (χ1n) is 9.32. The minimum atomic E-state index is 0.163. The minimum absolute atomic E-state index is 0.163. The van der Waals surface area contributed by atoms with Crippen molar-refractivity contribution < 1.29 is 5.11 Å². The Balaban J connectivity index is 1.77. The number of aromatic nitrogens is 1. The largest absolute Gasteiger partial charge is 0.395 e. The van der Waals surface area contributed by atoms with E-state index in [-0.39, 0.29) is 6.61 Å². The van der Waals surface area contributed by atoms with Crippen molar-refractivity contribution in [2.75, 3.05) is 25.1 Å². The SMILES string of the molecule is CN(CCO)Cc1ccc(N(Cc2ccccc2)Cc2ccccc2)cn1. The zero-order valence-electron chi connectivity index (χ0n) is 15.8. The molecule has 0 radical (unpaired) electrons. The monoisotopic (exact) mass is 361 g/mol. The summed E-state index contributed by atoms with van der Waals surface area (Å²) in [6.45, 7) is 3.22. The molecule has 0 aliphatic rings. The summed E-state index contributed by atoms with van der Waals surface area (Å²) in [7, 11) is 1.99. The lowest BCUT2D eigenvalue weighted by molar-refractivity contribution is 0.216. The Labute approximate surface area is 161 Å². The third kappa shape index (κ3) is 5.91. The van der Waals surface area contributed by atoms with E-state index in [4.69, 9.17) is 5.11 Å². The van der Waals surface area contributed by atoms with Crippen LogP contribution in [0.25, 0.3) is 0 Å². The average molecular weight is 361 g/mol. The highest BCUT2D eigenvalue weighted by molar-refractivity contribution is 5.46. The number of hydrogen-bond acceptors (Lipinski definition) is 4. The van der Waals surface area contributed by atoms with Crippen molar-refractivity contribution in [1.82, 2.24) is 9.88 Å². The third-order valence-electron chi connectivity index (χ3n) is 4.52. The van der Waals surface area contributed by atoms with E-state index in [0.717, 1.165) is 31.0 Å². The van der Waals surface area contributed by atoms with E-state index >= 15 is 0 Å². The van der Waals surface area contributed by atoms with E-state index < -0.39 is 0 Å². The standard InChI is InChI=1S/C23H27N3O/c1-25(14-15-27)19-22-12-13-23(16-24-22)26(17-20-8-4-2-5-9-20)18-21-10-6-3-7-11-21/h2-13,16,27H,14-15,17-19H2,1H3. The van der Waals surface area contributed by atoms with Crippen molar-refractivity contribution in [2.45, 2.75) is 19.6 Å². The third-order valence-corrected chi connectivity index (χ3v) is 4.52. The van der Waals surface area contributed by atoms with Gasteiger partial charge in [-0.25, -0.2) is 0 Å². The minimum Gasteiger partial charge on any atom is -0.395 e. The molecule has 4 heteroatoms. The maximum Gasteiger partial charge on any atom is 0.0559 e. The van der Waals surface area contributed by atoms with Crippen LogP contribution in [-0.4, -0.2) is 35.2 Å². The van der Waals surface area contributed by atoms with Crippen molar-refractivity contribution in [1.29, 1.82) is 0 Å². The molecule has 2 aromatic carbocycles. The van der Waals surface area contributed by atoms with Crippen molar-refractivity contribution >= 4 is 5.69 Å². The molecular weight excluding hydrogens is 334 g/mol. The molecule has 0 unspecified atom stereocenters. The summed E-state index contributed by atoms with van der Waals surface area (Å²) in [5, 5.41) is 9.04. The fourth-order valence-electron chi connectivity index (χ4n) is 3.07. The molecule has 0 saturated heterocycles. The van der Waals surface area contributed by atoms with Gasteiger partial charge >= 0.3 is 0 Å². The summed E-state index contributed by atoms with van der Waals surface area (Å²) < 4.78 is 0. The summed E-state index contributed by atoms with van der Waals surface area (Å²) in [4.78, 5) is 9.05. The number of likely N-dealkylation sites (N-methyl/N-ethyl adjacent to an activating group) is 1. The van der Waals surface area contributed by atoms with E-state index in [2.05, 4.69) is 75.4 Å². The van der Waals surface area contributed by atoms with Crippen LogP contribution < -0.4 is 4.90 Å². The number of rotatable bonds is 9. The van der Waals surface area contributed by atoms with Gasteiger partial charge in [0.2, 0.25) is 0 Å². The van der Waals surface area contributed by atoms with Crippen LogP contribution in [0.3, 0.4) is 0 Å². The second-order valence-electron chi connectivity index (χ2n) is 6.80. The molecule has 140 valence electrons. The Morgan fingerprint density at radius 2 is 1.37 bits per heavy atom. The Morgan fingerprint density at radius 3 is 1.85 bits per heavy atom. The van der Waals surface area contributed by atoms with Gasteiger partial charge in [-0.15, -0.1) is 0 Å². The fraction of sp³-hybridized carbons (Fsp3) is 0.261. The highest BCUT2D eigenvalue weighted by atomic mass is 16.3. The van der Waals surface area contributed by atoms with Gasteiger partial charge in [-0.2, -0.15) is 0 Å². The summed E-state index contributed by atoms with van der Waals surface area (Å²) in [5.41, 5.74) is 4.67. The molecule has 3 aromatic rings. The first-order chi connectivity index (χ1) is 13.2. The Kier molecular flexibility index (Phi) is 6.97. The summed E-state index contributed by atoms with van der Waals surface area (Å²) in [5.74, 6) is 0. The first kappa shape index (κ1) is 19.1. The predicted octanol–water partition coefficient (Wildman–Crippen LogP) is 3.71. The van der Waals surface area contributed by atoms with Gasteiger partial charge in [0.1, 0.15) is 0 Å². The molecule has 0 aliphatic heterocycles. The molecule has 0 fully saturated rings. The van der Waals surface area contributed by atoms with Crippen molar-refractivity contribution in [3.63, 3.8) is 0 Å². The van der Waals surface area contributed by atoms with Crippen LogP contribution in [-0.2, 0) is 19.6 Å². The topological polar surface area (TPSA) is 39.6 Å². The maximum atomic E-state index is 9.04. The van der Waals surface area contributed by atoms with Gasteiger partial charge in [-0.1, -0.05) is 60.7 Å². The van der Waals surface area contributed by atoms with Crippen molar-refractivity contribution in [3.05, 3.63) is 95.8 Å². The number of benzene rings is 2. The fourth-order valence-corrected chi connectivity index (χ4v) is 3.07. The van der Waals surface area contributed by atoms with Gasteiger partial charge in [0.05, 0.1) is 24.2 Å². The Bertz CT molecular complexity index is 749. The zero-order valence-corrected chi connectivity index (χ0v) is 15.8. The summed E-state index contributed by atoms with van der Waals surface area (Å²) >= 11 is 0. The molecular formula is C23H27N3O. The number of nitrogens with zero attached hydrogens (tertiary/aromatic N) is 3. The van der Waals surface area contributed by atoms with Crippen LogP contribution in [0.4, 0.5) is 5.69 Å². The second-order valence-corrected chi connectivity index (χ2v) is 6.80. The molecule has 3 rings (SSSR count). The lowest BCUT2D eigenvalue weighted by atomic mass is 10.1. The van der Waals surface area contributed by atoms with E-state index in [0.29, 0.717) is 6.54 Å². The van der Waals surface area contributed by atoms with Gasteiger partial charge in [0.25, 0.3) is 0 Å². The van der Waals surface area contributed by atoms with E-state index in [9.17, 15) is 0 Å². The summed E-state index contributed by atoms with van der Waals surface area (Å²) in [6, 6.07) is 25.2. The average Bonchev–Trinajstić information content (AvgIpc) is 2.70. The van der Waals surface area contributed by atoms with Crippen LogP contribution in [0.1, 0.15) is 16.8 Å². The van der Waals surface area contributed by atoms with Gasteiger partial charge < -0.3 is 10.0 Å². The number of aliphatic hydroxyl groups excluding tert-OH is 1. The van der Waals surface area contributed by atoms with Crippen LogP contribution in [0.2, 0.25) is 0 Å². The van der Waals surface area contributed by atoms with Crippen molar-refractivity contribution in [3.8, 4) is 0 Å². The van der Waals surface area contributed by atoms with E-state index in [1.54, 1.807) is 0 Å². The lowest BCUT2D eigenvalue weighted by Crippen LogP contribution is -2.23. The van der Waals surface area contributed by atoms with Gasteiger partial charge in [-0.3, -0.25) is 9.88 Å². The molecule has 1 N–H and O–H groups in total. The molecule has 0 aliphatic carbocycles. The van der Waals surface area contributed by atoms with Crippen LogP contribution >= 0.6 is 0 Å². The van der Waals surface area contributed by atoms with E-state index in [1.807, 2.05) is 25.4 Å². The molecule has 4 nitrogen and oxygen atoms in total. The molecule has 1 heterocycles. The predicted molar refractivity (Wildman–Crippen MR) is 110 cm³/mol. The Morgan fingerprint density at radius 1 is 0.778 bits per heavy atom. The van der Waals surface area contributed by atoms with Crippen LogP contribution in [0.15, 0.2) is 79.0 Å². The molecule has 0 saturated carbocycles. The van der Waals surface area contributed by atoms with Gasteiger partial charge in [0.15, 0.2) is 0 Å². The zero-order chi connectivity index (χ0) is 18.9. The van der Waals surface area contributed by atoms with Gasteiger partial charge in [-0.05, 0) is 30.3 Å².